The average molecular weight is 384 g/mol. The SMILES string of the molecule is COc1ccc(CNc2nc(C)cc(C(=O)N3CCCC(C)C3)n2)cc1OC. The standard InChI is InChI=1S/C21H28N4O3/c1-14-6-5-9-25(13-14)20(26)17-10-15(2)23-21(24-17)22-12-16-7-8-18(27-3)19(11-16)28-4/h7-8,10-11,14H,5-6,9,12-13H2,1-4H3,(H,22,23,24). The molecule has 0 bridgehead atoms. The Hall–Kier alpha value is -2.83. The molecule has 3 rings (SSSR count). The maximum absolute atomic E-state index is 12.9. The number of carbonyl (C=O) groups is 1. The lowest BCUT2D eigenvalue weighted by molar-refractivity contribution is 0.0677. The van der Waals surface area contributed by atoms with Crippen molar-refractivity contribution in [3.8, 4) is 11.5 Å². The number of nitrogens with one attached hydrogen (secondary N) is 1. The van der Waals surface area contributed by atoms with Gasteiger partial charge in [0.25, 0.3) is 5.91 Å². The topological polar surface area (TPSA) is 76.6 Å². The van der Waals surface area contributed by atoms with E-state index in [1.165, 1.54) is 6.42 Å². The number of hydrogen-bond donors (Lipinski definition) is 1. The molecule has 0 aliphatic carbocycles. The number of rotatable bonds is 6. The first-order valence-corrected chi connectivity index (χ1v) is 9.60. The normalized spacial score (nSPS) is 16.6. The minimum Gasteiger partial charge on any atom is -0.493 e. The van der Waals surface area contributed by atoms with Crippen LogP contribution in [0.15, 0.2) is 24.3 Å². The molecular formula is C21H28N4O3. The van der Waals surface area contributed by atoms with Crippen molar-refractivity contribution < 1.29 is 14.3 Å². The van der Waals surface area contributed by atoms with E-state index in [4.69, 9.17) is 9.47 Å². The Morgan fingerprint density at radius 3 is 2.71 bits per heavy atom. The van der Waals surface area contributed by atoms with Gasteiger partial charge < -0.3 is 19.7 Å². The minimum atomic E-state index is -0.0220. The summed E-state index contributed by atoms with van der Waals surface area (Å²) in [5.74, 6) is 2.31. The summed E-state index contributed by atoms with van der Waals surface area (Å²) < 4.78 is 10.6. The number of carbonyl (C=O) groups excluding carboxylic acids is 1. The van der Waals surface area contributed by atoms with Crippen molar-refractivity contribution in [2.24, 2.45) is 5.92 Å². The van der Waals surface area contributed by atoms with Crippen molar-refractivity contribution in [3.05, 3.63) is 41.2 Å². The fraction of sp³-hybridized carbons (Fsp3) is 0.476. The van der Waals surface area contributed by atoms with Gasteiger partial charge in [0.15, 0.2) is 11.5 Å². The Morgan fingerprint density at radius 2 is 2.00 bits per heavy atom. The van der Waals surface area contributed by atoms with Crippen LogP contribution in [0.4, 0.5) is 5.95 Å². The van der Waals surface area contributed by atoms with Crippen LogP contribution in [-0.4, -0.2) is 48.1 Å². The summed E-state index contributed by atoms with van der Waals surface area (Å²) in [4.78, 5) is 23.6. The molecule has 2 heterocycles. The number of benzene rings is 1. The van der Waals surface area contributed by atoms with Crippen LogP contribution >= 0.6 is 0 Å². The highest BCUT2D eigenvalue weighted by Gasteiger charge is 2.23. The molecule has 28 heavy (non-hydrogen) atoms. The van der Waals surface area contributed by atoms with Gasteiger partial charge >= 0.3 is 0 Å². The molecule has 7 heteroatoms. The summed E-state index contributed by atoms with van der Waals surface area (Å²) in [7, 11) is 3.22. The summed E-state index contributed by atoms with van der Waals surface area (Å²) in [6.07, 6.45) is 2.21. The van der Waals surface area contributed by atoms with Crippen LogP contribution in [0.3, 0.4) is 0 Å². The van der Waals surface area contributed by atoms with Gasteiger partial charge in [0.1, 0.15) is 5.69 Å². The van der Waals surface area contributed by atoms with Gasteiger partial charge in [0.05, 0.1) is 14.2 Å². The lowest BCUT2D eigenvalue weighted by Gasteiger charge is -2.30. The summed E-state index contributed by atoms with van der Waals surface area (Å²) in [5.41, 5.74) is 2.20. The van der Waals surface area contributed by atoms with E-state index in [0.29, 0.717) is 35.6 Å². The molecule has 0 radical (unpaired) electrons. The van der Waals surface area contributed by atoms with Gasteiger partial charge in [-0.05, 0) is 49.4 Å². The van der Waals surface area contributed by atoms with Crippen LogP contribution in [0, 0.1) is 12.8 Å². The maximum Gasteiger partial charge on any atom is 0.272 e. The molecule has 1 aromatic heterocycles. The molecule has 0 spiro atoms. The molecule has 1 fully saturated rings. The molecule has 0 saturated carbocycles. The van der Waals surface area contributed by atoms with E-state index in [-0.39, 0.29) is 5.91 Å². The Balaban J connectivity index is 1.72. The number of aryl methyl sites for hydroxylation is 1. The molecule has 2 aromatic rings. The molecule has 1 aliphatic heterocycles. The van der Waals surface area contributed by atoms with Crippen molar-refractivity contribution in [2.45, 2.75) is 33.2 Å². The molecule has 1 unspecified atom stereocenters. The molecule has 1 N–H and O–H groups in total. The monoisotopic (exact) mass is 384 g/mol. The number of amides is 1. The Morgan fingerprint density at radius 1 is 1.21 bits per heavy atom. The predicted molar refractivity (Wildman–Crippen MR) is 108 cm³/mol. The van der Waals surface area contributed by atoms with Crippen molar-refractivity contribution in [3.63, 3.8) is 0 Å². The van der Waals surface area contributed by atoms with Crippen molar-refractivity contribution in [1.82, 2.24) is 14.9 Å². The third-order valence-electron chi connectivity index (χ3n) is 4.92. The quantitative estimate of drug-likeness (QED) is 0.824. The first-order chi connectivity index (χ1) is 13.5. The molecular weight excluding hydrogens is 356 g/mol. The highest BCUT2D eigenvalue weighted by atomic mass is 16.5. The second kappa shape index (κ2) is 8.91. The zero-order valence-electron chi connectivity index (χ0n) is 17.0. The molecule has 150 valence electrons. The number of ether oxygens (including phenoxy) is 2. The van der Waals surface area contributed by atoms with E-state index in [2.05, 4.69) is 22.2 Å². The summed E-state index contributed by atoms with van der Waals surface area (Å²) in [6.45, 7) is 6.15. The Labute approximate surface area is 166 Å². The van der Waals surface area contributed by atoms with Gasteiger partial charge in [0, 0.05) is 25.3 Å². The second-order valence-electron chi connectivity index (χ2n) is 7.26. The van der Waals surface area contributed by atoms with E-state index in [1.807, 2.05) is 30.0 Å². The zero-order valence-corrected chi connectivity index (χ0v) is 17.0. The van der Waals surface area contributed by atoms with Crippen molar-refractivity contribution >= 4 is 11.9 Å². The average Bonchev–Trinajstić information content (AvgIpc) is 2.71. The Bertz CT molecular complexity index is 840. The van der Waals surface area contributed by atoms with Gasteiger partial charge in [-0.2, -0.15) is 0 Å². The van der Waals surface area contributed by atoms with E-state index < -0.39 is 0 Å². The molecule has 7 nitrogen and oxygen atoms in total. The van der Waals surface area contributed by atoms with Gasteiger partial charge in [-0.1, -0.05) is 13.0 Å². The first-order valence-electron chi connectivity index (χ1n) is 9.60. The largest absolute Gasteiger partial charge is 0.493 e. The number of piperidine rings is 1. The number of hydrogen-bond acceptors (Lipinski definition) is 6. The van der Waals surface area contributed by atoms with E-state index >= 15 is 0 Å². The number of anilines is 1. The van der Waals surface area contributed by atoms with Crippen LogP contribution in [0.25, 0.3) is 0 Å². The van der Waals surface area contributed by atoms with Crippen LogP contribution < -0.4 is 14.8 Å². The van der Waals surface area contributed by atoms with Crippen molar-refractivity contribution in [1.29, 1.82) is 0 Å². The fourth-order valence-corrected chi connectivity index (χ4v) is 3.46. The van der Waals surface area contributed by atoms with Gasteiger partial charge in [-0.15, -0.1) is 0 Å². The maximum atomic E-state index is 12.9. The minimum absolute atomic E-state index is 0.0220. The molecule has 1 atom stereocenters. The molecule has 1 amide bonds. The second-order valence-corrected chi connectivity index (χ2v) is 7.26. The Kier molecular flexibility index (Phi) is 6.34. The molecule has 1 saturated heterocycles. The van der Waals surface area contributed by atoms with Crippen LogP contribution in [0.1, 0.15) is 41.5 Å². The predicted octanol–water partition coefficient (Wildman–Crippen LogP) is 3.29. The van der Waals surface area contributed by atoms with Crippen molar-refractivity contribution in [2.75, 3.05) is 32.6 Å². The summed E-state index contributed by atoms with van der Waals surface area (Å²) in [6, 6.07) is 7.47. The number of methoxy groups -OCH3 is 2. The van der Waals surface area contributed by atoms with Gasteiger partial charge in [-0.25, -0.2) is 9.97 Å². The third kappa shape index (κ3) is 4.71. The lowest BCUT2D eigenvalue weighted by Crippen LogP contribution is -2.39. The highest BCUT2D eigenvalue weighted by Crippen LogP contribution is 2.27. The lowest BCUT2D eigenvalue weighted by atomic mass is 10.00. The summed E-state index contributed by atoms with van der Waals surface area (Å²) in [5, 5.41) is 3.21. The van der Waals surface area contributed by atoms with E-state index in [0.717, 1.165) is 30.8 Å². The van der Waals surface area contributed by atoms with Gasteiger partial charge in [-0.3, -0.25) is 4.79 Å². The summed E-state index contributed by atoms with van der Waals surface area (Å²) >= 11 is 0. The molecule has 1 aromatic carbocycles. The number of aromatic nitrogens is 2. The highest BCUT2D eigenvalue weighted by molar-refractivity contribution is 5.92. The zero-order chi connectivity index (χ0) is 20.1. The van der Waals surface area contributed by atoms with E-state index in [9.17, 15) is 4.79 Å². The third-order valence-corrected chi connectivity index (χ3v) is 4.92. The first kappa shape index (κ1) is 19.9. The smallest absolute Gasteiger partial charge is 0.272 e. The van der Waals surface area contributed by atoms with Crippen LogP contribution in [0.5, 0.6) is 11.5 Å². The van der Waals surface area contributed by atoms with Crippen LogP contribution in [-0.2, 0) is 6.54 Å². The van der Waals surface area contributed by atoms with Gasteiger partial charge in [0.2, 0.25) is 5.95 Å². The number of nitrogens with zero attached hydrogens (tertiary/aromatic N) is 3. The fourth-order valence-electron chi connectivity index (χ4n) is 3.46. The number of likely N-dealkylation sites (tertiary alicyclic amines) is 1. The molecule has 1 aliphatic rings. The van der Waals surface area contributed by atoms with Crippen LogP contribution in [0.2, 0.25) is 0 Å². The van der Waals surface area contributed by atoms with E-state index in [1.54, 1.807) is 20.3 Å².